The van der Waals surface area contributed by atoms with Gasteiger partial charge in [-0.05, 0) is 43.7 Å². The van der Waals surface area contributed by atoms with Crippen molar-refractivity contribution in [2.75, 3.05) is 14.2 Å². The normalized spacial score (nSPS) is 10.8. The van der Waals surface area contributed by atoms with Gasteiger partial charge in [-0.15, -0.1) is 0 Å². The maximum Gasteiger partial charge on any atom is 0.251 e. The van der Waals surface area contributed by atoms with E-state index in [2.05, 4.69) is 15.5 Å². The van der Waals surface area contributed by atoms with Gasteiger partial charge in [0, 0.05) is 23.2 Å². The molecule has 1 aromatic heterocycles. The predicted octanol–water partition coefficient (Wildman–Crippen LogP) is 3.48. The molecule has 146 valence electrons. The molecule has 3 rings (SSSR count). The molecule has 0 fully saturated rings. The number of rotatable bonds is 7. The highest BCUT2D eigenvalue weighted by Gasteiger charge is 2.13. The van der Waals surface area contributed by atoms with Crippen LogP contribution in [0.2, 0.25) is 0 Å². The smallest absolute Gasteiger partial charge is 0.251 e. The molecule has 1 N–H and O–H groups in total. The Morgan fingerprint density at radius 2 is 1.82 bits per heavy atom. The number of aromatic nitrogens is 2. The number of methoxy groups -OCH3 is 2. The van der Waals surface area contributed by atoms with Crippen molar-refractivity contribution in [3.05, 3.63) is 59.5 Å². The number of carbonyl (C=O) groups is 1. The molecule has 7 heteroatoms. The number of nitrogens with one attached hydrogen (secondary N) is 1. The summed E-state index contributed by atoms with van der Waals surface area (Å²) in [6, 6.07) is 12.8. The van der Waals surface area contributed by atoms with Crippen LogP contribution in [0.25, 0.3) is 11.4 Å². The number of hydrogen-bond donors (Lipinski definition) is 1. The summed E-state index contributed by atoms with van der Waals surface area (Å²) in [6.07, 6.45) is 0.439. The molecule has 28 heavy (non-hydrogen) atoms. The Labute approximate surface area is 163 Å². The summed E-state index contributed by atoms with van der Waals surface area (Å²) >= 11 is 0. The largest absolute Gasteiger partial charge is 0.497 e. The Bertz CT molecular complexity index is 944. The Kier molecular flexibility index (Phi) is 5.93. The number of hydrogen-bond acceptors (Lipinski definition) is 6. The third-order valence-electron chi connectivity index (χ3n) is 4.04. The molecule has 0 aliphatic rings. The zero-order chi connectivity index (χ0) is 20.1. The van der Waals surface area contributed by atoms with Crippen LogP contribution in [0.5, 0.6) is 11.5 Å². The van der Waals surface area contributed by atoms with Gasteiger partial charge in [0.25, 0.3) is 5.91 Å². The third-order valence-corrected chi connectivity index (χ3v) is 4.04. The van der Waals surface area contributed by atoms with Crippen molar-refractivity contribution in [1.29, 1.82) is 0 Å². The second kappa shape index (κ2) is 8.56. The molecule has 3 aromatic rings. The molecular weight excluding hydrogens is 358 g/mol. The van der Waals surface area contributed by atoms with Crippen LogP contribution < -0.4 is 14.8 Å². The van der Waals surface area contributed by atoms with Gasteiger partial charge in [0.05, 0.1) is 20.6 Å². The number of carbonyl (C=O) groups excluding carboxylic acids is 1. The SMILES string of the molecule is COc1cc(Cc2nc(-c3cccc(C(=O)NC(C)C)c3)no2)cc(OC)c1. The summed E-state index contributed by atoms with van der Waals surface area (Å²) in [5.74, 6) is 2.14. The van der Waals surface area contributed by atoms with E-state index in [4.69, 9.17) is 14.0 Å². The van der Waals surface area contributed by atoms with Crippen molar-refractivity contribution in [3.8, 4) is 22.9 Å². The van der Waals surface area contributed by atoms with Gasteiger partial charge >= 0.3 is 0 Å². The van der Waals surface area contributed by atoms with Crippen LogP contribution in [0, 0.1) is 0 Å². The molecule has 7 nitrogen and oxygen atoms in total. The van der Waals surface area contributed by atoms with Crippen molar-refractivity contribution in [3.63, 3.8) is 0 Å². The zero-order valence-corrected chi connectivity index (χ0v) is 16.4. The summed E-state index contributed by atoms with van der Waals surface area (Å²) in [5.41, 5.74) is 2.20. The summed E-state index contributed by atoms with van der Waals surface area (Å²) in [6.45, 7) is 3.83. The molecule has 2 aromatic carbocycles. The fourth-order valence-electron chi connectivity index (χ4n) is 2.73. The Morgan fingerprint density at radius 3 is 2.46 bits per heavy atom. The molecule has 1 amide bonds. The van der Waals surface area contributed by atoms with Gasteiger partial charge in [-0.2, -0.15) is 4.98 Å². The standard InChI is InChI=1S/C21H23N3O4/c1-13(2)22-21(25)16-7-5-6-15(11-16)20-23-19(28-24-20)10-14-8-17(26-3)12-18(9-14)27-4/h5-9,11-13H,10H2,1-4H3,(H,22,25). The first-order valence-electron chi connectivity index (χ1n) is 8.94. The van der Waals surface area contributed by atoms with E-state index in [1.165, 1.54) is 0 Å². The minimum absolute atomic E-state index is 0.0628. The molecule has 0 unspecified atom stereocenters. The van der Waals surface area contributed by atoms with E-state index in [0.717, 1.165) is 11.1 Å². The van der Waals surface area contributed by atoms with Crippen molar-refractivity contribution in [2.45, 2.75) is 26.3 Å². The van der Waals surface area contributed by atoms with E-state index in [0.29, 0.717) is 35.2 Å². The Balaban J connectivity index is 1.80. The summed E-state index contributed by atoms with van der Waals surface area (Å²) < 4.78 is 16.0. The van der Waals surface area contributed by atoms with Crippen molar-refractivity contribution >= 4 is 5.91 Å². The van der Waals surface area contributed by atoms with Gasteiger partial charge in [0.15, 0.2) is 0 Å². The molecule has 0 radical (unpaired) electrons. The lowest BCUT2D eigenvalue weighted by atomic mass is 10.1. The molecule has 0 spiro atoms. The second-order valence-corrected chi connectivity index (χ2v) is 6.62. The zero-order valence-electron chi connectivity index (χ0n) is 16.4. The summed E-state index contributed by atoms with van der Waals surface area (Å²) in [7, 11) is 3.21. The van der Waals surface area contributed by atoms with E-state index >= 15 is 0 Å². The van der Waals surface area contributed by atoms with Gasteiger partial charge in [-0.1, -0.05) is 17.3 Å². The van der Waals surface area contributed by atoms with Gasteiger partial charge in [-0.3, -0.25) is 4.79 Å². The first-order valence-corrected chi connectivity index (χ1v) is 8.94. The Hall–Kier alpha value is -3.35. The molecule has 0 saturated carbocycles. The topological polar surface area (TPSA) is 86.5 Å². The lowest BCUT2D eigenvalue weighted by Crippen LogP contribution is -2.30. The molecule has 0 atom stereocenters. The molecule has 0 aliphatic heterocycles. The van der Waals surface area contributed by atoms with E-state index in [-0.39, 0.29) is 11.9 Å². The average Bonchev–Trinajstić information content (AvgIpc) is 3.15. The van der Waals surface area contributed by atoms with E-state index < -0.39 is 0 Å². The highest BCUT2D eigenvalue weighted by Crippen LogP contribution is 2.25. The minimum atomic E-state index is -0.135. The fourth-order valence-corrected chi connectivity index (χ4v) is 2.73. The quantitative estimate of drug-likeness (QED) is 0.674. The second-order valence-electron chi connectivity index (χ2n) is 6.62. The van der Waals surface area contributed by atoms with Gasteiger partial charge in [0.2, 0.25) is 11.7 Å². The molecule has 1 heterocycles. The van der Waals surface area contributed by atoms with Crippen LogP contribution in [0.1, 0.15) is 35.7 Å². The van der Waals surface area contributed by atoms with Crippen LogP contribution in [0.4, 0.5) is 0 Å². The van der Waals surface area contributed by atoms with E-state index in [1.54, 1.807) is 38.5 Å². The van der Waals surface area contributed by atoms with Gasteiger partial charge < -0.3 is 19.3 Å². The number of amides is 1. The maximum absolute atomic E-state index is 12.2. The fraction of sp³-hybridized carbons (Fsp3) is 0.286. The van der Waals surface area contributed by atoms with Crippen LogP contribution in [0.15, 0.2) is 47.0 Å². The number of benzene rings is 2. The van der Waals surface area contributed by atoms with Crippen LogP contribution >= 0.6 is 0 Å². The predicted molar refractivity (Wildman–Crippen MR) is 105 cm³/mol. The molecule has 0 saturated heterocycles. The lowest BCUT2D eigenvalue weighted by Gasteiger charge is -2.08. The van der Waals surface area contributed by atoms with Crippen LogP contribution in [-0.4, -0.2) is 36.3 Å². The highest BCUT2D eigenvalue weighted by molar-refractivity contribution is 5.95. The van der Waals surface area contributed by atoms with E-state index in [9.17, 15) is 4.79 Å². The molecular formula is C21H23N3O4. The maximum atomic E-state index is 12.2. The van der Waals surface area contributed by atoms with Gasteiger partial charge in [-0.25, -0.2) is 0 Å². The van der Waals surface area contributed by atoms with Crippen molar-refractivity contribution in [2.24, 2.45) is 0 Å². The first kappa shape index (κ1) is 19.4. The summed E-state index contributed by atoms with van der Waals surface area (Å²) in [5, 5.41) is 6.92. The van der Waals surface area contributed by atoms with Crippen molar-refractivity contribution < 1.29 is 18.8 Å². The monoisotopic (exact) mass is 381 g/mol. The van der Waals surface area contributed by atoms with E-state index in [1.807, 2.05) is 32.0 Å². The third kappa shape index (κ3) is 4.68. The van der Waals surface area contributed by atoms with Gasteiger partial charge in [0.1, 0.15) is 11.5 Å². The minimum Gasteiger partial charge on any atom is -0.497 e. The van der Waals surface area contributed by atoms with Crippen LogP contribution in [0.3, 0.4) is 0 Å². The Morgan fingerprint density at radius 1 is 1.11 bits per heavy atom. The molecule has 0 aliphatic carbocycles. The number of ether oxygens (including phenoxy) is 2. The number of nitrogens with zero attached hydrogens (tertiary/aromatic N) is 2. The molecule has 0 bridgehead atoms. The lowest BCUT2D eigenvalue weighted by molar-refractivity contribution is 0.0943. The highest BCUT2D eigenvalue weighted by atomic mass is 16.5. The average molecular weight is 381 g/mol. The summed E-state index contributed by atoms with van der Waals surface area (Å²) in [4.78, 5) is 16.7. The van der Waals surface area contributed by atoms with Crippen molar-refractivity contribution in [1.82, 2.24) is 15.5 Å². The van der Waals surface area contributed by atoms with Crippen LogP contribution in [-0.2, 0) is 6.42 Å². The first-order chi connectivity index (χ1) is 13.5.